The molecular weight excluding hydrogens is 897 g/mol. The van der Waals surface area contributed by atoms with Crippen LogP contribution in [0.15, 0.2) is 0 Å². The zero-order valence-electron chi connectivity index (χ0n) is 40.7. The maximum atomic E-state index is 12.5. The van der Waals surface area contributed by atoms with E-state index in [1.165, 1.54) is 6.92 Å². The minimum Gasteiger partial charge on any atom is -0.396 e. The number of aliphatic hydroxyl groups excluding tert-OH is 12. The molecule has 8 rings (SSSR count). The van der Waals surface area contributed by atoms with Gasteiger partial charge in [-0.1, -0.05) is 27.7 Å². The lowest BCUT2D eigenvalue weighted by Gasteiger charge is -2.71. The molecule has 4 saturated carbocycles. The van der Waals surface area contributed by atoms with Crippen LogP contribution in [0.1, 0.15) is 107 Å². The lowest BCUT2D eigenvalue weighted by atomic mass is 9.35. The van der Waals surface area contributed by atoms with Gasteiger partial charge in [-0.25, -0.2) is 0 Å². The van der Waals surface area contributed by atoms with Gasteiger partial charge in [-0.3, -0.25) is 0 Å². The number of rotatable bonds is 11. The van der Waals surface area contributed by atoms with Crippen LogP contribution in [0.2, 0.25) is 0 Å². The first-order chi connectivity index (χ1) is 31.6. The molecule has 13 N–H and O–H groups in total. The second kappa shape index (κ2) is 18.8. The van der Waals surface area contributed by atoms with Crippen molar-refractivity contribution in [3.63, 3.8) is 0 Å². The van der Waals surface area contributed by atoms with Crippen molar-refractivity contribution in [3.05, 3.63) is 0 Å². The molecule has 68 heavy (non-hydrogen) atoms. The SMILES string of the molecule is CC1OC(OC2C(OC3CCC4(C)C(CCC5(C)C4CC(O)C4C(C6(C)CC(O)C(C(C)(C)O)O6)CCC45C)C3(C)CO)OC(CO)C(O)C2OC2OC(CO)C(O)C(O)C2O)C(O)C(O)C1O. The monoisotopic (exact) mass is 979 g/mol. The van der Waals surface area contributed by atoms with Gasteiger partial charge < -0.3 is 99.5 Å². The van der Waals surface area contributed by atoms with Crippen LogP contribution >= 0.6 is 0 Å². The van der Waals surface area contributed by atoms with Crippen LogP contribution in [0.3, 0.4) is 0 Å². The molecule has 4 heterocycles. The van der Waals surface area contributed by atoms with Crippen LogP contribution < -0.4 is 0 Å². The maximum absolute atomic E-state index is 12.5. The molecule has 8 fully saturated rings. The molecule has 0 bridgehead atoms. The van der Waals surface area contributed by atoms with Gasteiger partial charge in [0.15, 0.2) is 18.9 Å². The highest BCUT2D eigenvalue weighted by molar-refractivity contribution is 5.21. The molecule has 0 spiro atoms. The minimum atomic E-state index is -1.92. The molecule has 394 valence electrons. The van der Waals surface area contributed by atoms with Gasteiger partial charge in [0.1, 0.15) is 73.2 Å². The first-order valence-electron chi connectivity index (χ1n) is 24.9. The van der Waals surface area contributed by atoms with E-state index in [2.05, 4.69) is 20.8 Å². The minimum absolute atomic E-state index is 0.0172. The van der Waals surface area contributed by atoms with Crippen LogP contribution in [0, 0.1) is 45.3 Å². The van der Waals surface area contributed by atoms with E-state index in [9.17, 15) is 66.4 Å². The average molecular weight is 979 g/mol. The molecule has 0 amide bonds. The summed E-state index contributed by atoms with van der Waals surface area (Å²) in [6, 6.07) is 0. The van der Waals surface area contributed by atoms with Crippen molar-refractivity contribution in [1.29, 1.82) is 0 Å². The third-order valence-corrected chi connectivity index (χ3v) is 19.6. The highest BCUT2D eigenvalue weighted by atomic mass is 16.8. The summed E-state index contributed by atoms with van der Waals surface area (Å²) in [6.45, 7) is 13.7. The van der Waals surface area contributed by atoms with Crippen LogP contribution in [0.5, 0.6) is 0 Å². The summed E-state index contributed by atoms with van der Waals surface area (Å²) in [5, 5.41) is 143. The number of hydrogen-bond acceptors (Lipinski definition) is 20. The van der Waals surface area contributed by atoms with Gasteiger partial charge in [0.05, 0.1) is 55.4 Å². The number of hydrogen-bond donors (Lipinski definition) is 13. The normalized spacial score (nSPS) is 57.6. The molecule has 0 aromatic heterocycles. The summed E-state index contributed by atoms with van der Waals surface area (Å²) in [5.74, 6) is -0.331. The molecule has 20 nitrogen and oxygen atoms in total. The fraction of sp³-hybridized carbons (Fsp3) is 1.00. The lowest BCUT2D eigenvalue weighted by molar-refractivity contribution is -0.399. The molecule has 0 radical (unpaired) electrons. The summed E-state index contributed by atoms with van der Waals surface area (Å²) < 4.78 is 43.7. The summed E-state index contributed by atoms with van der Waals surface area (Å²) in [4.78, 5) is 0. The van der Waals surface area contributed by atoms with E-state index >= 15 is 0 Å². The molecule has 4 saturated heterocycles. The Bertz CT molecular complexity index is 1760. The molecule has 0 aromatic rings. The van der Waals surface area contributed by atoms with Crippen molar-refractivity contribution in [1.82, 2.24) is 0 Å². The molecule has 4 aliphatic heterocycles. The van der Waals surface area contributed by atoms with E-state index in [0.29, 0.717) is 32.1 Å². The van der Waals surface area contributed by atoms with Gasteiger partial charge in [-0.15, -0.1) is 0 Å². The van der Waals surface area contributed by atoms with Crippen molar-refractivity contribution >= 4 is 0 Å². The molecule has 28 atom stereocenters. The summed E-state index contributed by atoms with van der Waals surface area (Å²) in [5.41, 5.74) is -3.95. The highest BCUT2D eigenvalue weighted by Crippen LogP contribution is 2.76. The van der Waals surface area contributed by atoms with Crippen LogP contribution in [0.4, 0.5) is 0 Å². The zero-order valence-corrected chi connectivity index (χ0v) is 40.7. The fourth-order valence-corrected chi connectivity index (χ4v) is 15.7. The Labute approximate surface area is 398 Å². The quantitative estimate of drug-likeness (QED) is 0.101. The van der Waals surface area contributed by atoms with E-state index in [1.807, 2.05) is 13.8 Å². The van der Waals surface area contributed by atoms with Crippen molar-refractivity contribution in [2.45, 2.75) is 234 Å². The fourth-order valence-electron chi connectivity index (χ4n) is 15.7. The standard InChI is InChI=1S/C48H82O20/c1-20-30(54)33(57)35(59)40(62-20)67-38-37(66-41-36(60)34(58)31(55)24(17-49)63-41)32(56)25(18-50)64-42(38)65-28-11-12-44(4)26(45(28,5)19-51)10-14-46(6)27(44)15-22(52)29-21(9-13-47(29,46)7)48(8)16-23(53)39(68-48)43(2,3)61/h20-42,49-61H,9-19H2,1-8H3. The number of aliphatic hydroxyl groups is 13. The predicted octanol–water partition coefficient (Wildman–Crippen LogP) is -1.84. The van der Waals surface area contributed by atoms with Crippen molar-refractivity contribution in [2.75, 3.05) is 19.8 Å². The topological polar surface area (TPSA) is 328 Å². The number of fused-ring (bicyclic) bond motifs is 5. The van der Waals surface area contributed by atoms with E-state index in [1.54, 1.807) is 13.8 Å². The Balaban J connectivity index is 1.08. The third kappa shape index (κ3) is 8.37. The molecule has 28 unspecified atom stereocenters. The van der Waals surface area contributed by atoms with E-state index < -0.39 is 152 Å². The zero-order chi connectivity index (χ0) is 50.0. The van der Waals surface area contributed by atoms with Gasteiger partial charge in [-0.2, -0.15) is 0 Å². The maximum Gasteiger partial charge on any atom is 0.187 e. The summed E-state index contributed by atoms with van der Waals surface area (Å²) in [6.07, 6.45) is -22.7. The average Bonchev–Trinajstić information content (AvgIpc) is 3.83. The Morgan fingerprint density at radius 1 is 0.588 bits per heavy atom. The second-order valence-corrected chi connectivity index (χ2v) is 23.9. The molecule has 4 aliphatic carbocycles. The molecular formula is C48H82O20. The lowest BCUT2D eigenvalue weighted by Crippen LogP contribution is -2.69. The smallest absolute Gasteiger partial charge is 0.187 e. The highest BCUT2D eigenvalue weighted by Gasteiger charge is 2.73. The van der Waals surface area contributed by atoms with Gasteiger partial charge in [0.25, 0.3) is 0 Å². The summed E-state index contributed by atoms with van der Waals surface area (Å²) in [7, 11) is 0. The van der Waals surface area contributed by atoms with Crippen molar-refractivity contribution in [2.24, 2.45) is 45.3 Å². The van der Waals surface area contributed by atoms with Crippen LogP contribution in [-0.4, -0.2) is 214 Å². The predicted molar refractivity (Wildman–Crippen MR) is 234 cm³/mol. The van der Waals surface area contributed by atoms with Crippen molar-refractivity contribution in [3.8, 4) is 0 Å². The van der Waals surface area contributed by atoms with Gasteiger partial charge >= 0.3 is 0 Å². The number of ether oxygens (including phenoxy) is 7. The van der Waals surface area contributed by atoms with E-state index in [4.69, 9.17) is 33.2 Å². The Morgan fingerprint density at radius 2 is 1.16 bits per heavy atom. The van der Waals surface area contributed by atoms with Gasteiger partial charge in [-0.05, 0) is 113 Å². The van der Waals surface area contributed by atoms with E-state index in [0.717, 1.165) is 19.3 Å². The van der Waals surface area contributed by atoms with Crippen molar-refractivity contribution < 1.29 is 99.5 Å². The molecule has 20 heteroatoms. The third-order valence-electron chi connectivity index (χ3n) is 19.6. The van der Waals surface area contributed by atoms with Gasteiger partial charge in [0, 0.05) is 11.8 Å². The second-order valence-electron chi connectivity index (χ2n) is 23.9. The van der Waals surface area contributed by atoms with Crippen LogP contribution in [-0.2, 0) is 33.2 Å². The Kier molecular flexibility index (Phi) is 14.8. The Hall–Kier alpha value is -0.800. The molecule has 0 aromatic carbocycles. The Morgan fingerprint density at radius 3 is 1.76 bits per heavy atom. The first-order valence-corrected chi connectivity index (χ1v) is 24.9. The van der Waals surface area contributed by atoms with Crippen LogP contribution in [0.25, 0.3) is 0 Å². The van der Waals surface area contributed by atoms with Gasteiger partial charge in [0.2, 0.25) is 0 Å². The first kappa shape index (κ1) is 53.5. The molecule has 8 aliphatic rings. The van der Waals surface area contributed by atoms with E-state index in [-0.39, 0.29) is 41.1 Å². The largest absolute Gasteiger partial charge is 0.396 e. The summed E-state index contributed by atoms with van der Waals surface area (Å²) >= 11 is 0.